The van der Waals surface area contributed by atoms with Crippen LogP contribution in [0.2, 0.25) is 0 Å². The Morgan fingerprint density at radius 1 is 0.960 bits per heavy atom. The molecule has 3 rings (SSSR count). The quantitative estimate of drug-likeness (QED) is 0.830. The smallest absolute Gasteiger partial charge is 0.335 e. The maximum atomic E-state index is 12.4. The first-order valence-electron chi connectivity index (χ1n) is 7.27. The number of nitrogens with zero attached hydrogens (tertiary/aromatic N) is 2. The van der Waals surface area contributed by atoms with Crippen LogP contribution in [0.1, 0.15) is 36.6 Å². The van der Waals surface area contributed by atoms with E-state index in [2.05, 4.69) is 10.2 Å². The van der Waals surface area contributed by atoms with Gasteiger partial charge in [-0.2, -0.15) is 5.11 Å². The lowest BCUT2D eigenvalue weighted by Crippen LogP contribution is -2.20. The fourth-order valence-corrected chi connectivity index (χ4v) is 2.50. The zero-order valence-corrected chi connectivity index (χ0v) is 13.1. The Labute approximate surface area is 142 Å². The summed E-state index contributed by atoms with van der Waals surface area (Å²) in [5, 5.41) is 26.5. The molecule has 0 unspecified atom stereocenters. The van der Waals surface area contributed by atoms with Gasteiger partial charge in [0.25, 0.3) is 0 Å². The number of hydrogen-bond acceptors (Lipinski definition) is 6. The number of carboxylic acid groups (broad SMARTS) is 1. The van der Waals surface area contributed by atoms with Gasteiger partial charge in [-0.25, -0.2) is 4.79 Å². The van der Waals surface area contributed by atoms with Crippen LogP contribution in [0.5, 0.6) is 0 Å². The van der Waals surface area contributed by atoms with Gasteiger partial charge in [-0.1, -0.05) is 24.3 Å². The summed E-state index contributed by atoms with van der Waals surface area (Å²) in [5.41, 5.74) is 0.713. The van der Waals surface area contributed by atoms with Crippen molar-refractivity contribution >= 4 is 23.2 Å². The number of aliphatic hydroxyl groups excluding tert-OH is 1. The molecule has 25 heavy (non-hydrogen) atoms. The maximum Gasteiger partial charge on any atom is 0.335 e. The van der Waals surface area contributed by atoms with Crippen molar-refractivity contribution in [3.05, 3.63) is 76.2 Å². The van der Waals surface area contributed by atoms with Crippen molar-refractivity contribution in [2.24, 2.45) is 10.2 Å². The van der Waals surface area contributed by atoms with Crippen LogP contribution in [-0.4, -0.2) is 27.7 Å². The Morgan fingerprint density at radius 3 is 2.20 bits per heavy atom. The number of benzene rings is 2. The molecule has 0 radical (unpaired) electrons. The summed E-state index contributed by atoms with van der Waals surface area (Å²) < 4.78 is 0. The van der Waals surface area contributed by atoms with Crippen LogP contribution >= 0.6 is 0 Å². The first-order valence-corrected chi connectivity index (χ1v) is 7.27. The average molecular weight is 336 g/mol. The van der Waals surface area contributed by atoms with Gasteiger partial charge in [0.1, 0.15) is 0 Å². The largest absolute Gasteiger partial charge is 0.502 e. The van der Waals surface area contributed by atoms with Crippen LogP contribution in [0.4, 0.5) is 5.69 Å². The molecule has 1 aliphatic rings. The van der Waals surface area contributed by atoms with Crippen LogP contribution in [0.25, 0.3) is 0 Å². The molecule has 0 aliphatic heterocycles. The number of carbonyl (C=O) groups is 3. The van der Waals surface area contributed by atoms with Gasteiger partial charge in [-0.15, -0.1) is 5.11 Å². The lowest BCUT2D eigenvalue weighted by molar-refractivity contribution is 0.0695. The minimum atomic E-state index is -1.06. The Bertz CT molecular complexity index is 989. The van der Waals surface area contributed by atoms with E-state index in [1.807, 2.05) is 0 Å². The Balaban J connectivity index is 1.98. The van der Waals surface area contributed by atoms with Crippen molar-refractivity contribution in [3.63, 3.8) is 0 Å². The molecule has 0 bridgehead atoms. The summed E-state index contributed by atoms with van der Waals surface area (Å²) in [4.78, 5) is 35.5. The molecule has 0 aromatic heterocycles. The van der Waals surface area contributed by atoms with E-state index in [0.29, 0.717) is 11.3 Å². The first kappa shape index (κ1) is 16.3. The van der Waals surface area contributed by atoms with E-state index < -0.39 is 29.0 Å². The van der Waals surface area contributed by atoms with E-state index >= 15 is 0 Å². The average Bonchev–Trinajstić information content (AvgIpc) is 2.59. The first-order chi connectivity index (χ1) is 11.9. The lowest BCUT2D eigenvalue weighted by atomic mass is 9.92. The molecule has 7 heteroatoms. The minimum absolute atomic E-state index is 0.116. The van der Waals surface area contributed by atoms with E-state index in [4.69, 9.17) is 5.11 Å². The van der Waals surface area contributed by atoms with Crippen molar-refractivity contribution in [3.8, 4) is 0 Å². The number of carbonyl (C=O) groups excluding carboxylic acids is 2. The zero-order chi connectivity index (χ0) is 18.1. The van der Waals surface area contributed by atoms with E-state index in [0.717, 1.165) is 0 Å². The van der Waals surface area contributed by atoms with Crippen molar-refractivity contribution in [2.45, 2.75) is 6.92 Å². The highest BCUT2D eigenvalue weighted by atomic mass is 16.4. The van der Waals surface area contributed by atoms with Crippen molar-refractivity contribution in [1.29, 1.82) is 0 Å². The second kappa shape index (κ2) is 6.12. The van der Waals surface area contributed by atoms with Gasteiger partial charge >= 0.3 is 5.97 Å². The molecule has 0 heterocycles. The van der Waals surface area contributed by atoms with E-state index in [1.54, 1.807) is 19.1 Å². The number of aliphatic hydroxyl groups is 1. The fourth-order valence-electron chi connectivity index (χ4n) is 2.50. The third-order valence-corrected chi connectivity index (χ3v) is 3.78. The molecular weight excluding hydrogens is 324 g/mol. The van der Waals surface area contributed by atoms with Gasteiger partial charge in [-0.05, 0) is 30.7 Å². The number of rotatable bonds is 3. The van der Waals surface area contributed by atoms with Gasteiger partial charge in [0.05, 0.1) is 11.3 Å². The number of aryl methyl sites for hydroxylation is 1. The monoisotopic (exact) mass is 336 g/mol. The number of aromatic carboxylic acids is 1. The number of Topliss-reactive ketones (excluding diaryl/α,β-unsaturated/α-hetero) is 2. The molecule has 0 amide bonds. The summed E-state index contributed by atoms with van der Waals surface area (Å²) in [6.45, 7) is 1.60. The highest BCUT2D eigenvalue weighted by Crippen LogP contribution is 2.27. The number of ketones is 2. The molecule has 124 valence electrons. The maximum absolute atomic E-state index is 12.4. The molecule has 2 aromatic rings. The Morgan fingerprint density at radius 2 is 1.60 bits per heavy atom. The Kier molecular flexibility index (Phi) is 3.98. The SMILES string of the molecule is Cc1cc(/N=N/C2=C(O)C(=O)c3ccccc3C2=O)ccc1C(=O)O. The van der Waals surface area contributed by atoms with Crippen LogP contribution in [0, 0.1) is 6.92 Å². The van der Waals surface area contributed by atoms with Crippen molar-refractivity contribution in [1.82, 2.24) is 0 Å². The van der Waals surface area contributed by atoms with E-state index in [9.17, 15) is 19.5 Å². The number of carboxylic acids is 1. The molecule has 0 spiro atoms. The normalized spacial score (nSPS) is 14.1. The third-order valence-electron chi connectivity index (χ3n) is 3.78. The second-order valence-corrected chi connectivity index (χ2v) is 5.41. The zero-order valence-electron chi connectivity index (χ0n) is 13.1. The molecule has 1 aliphatic carbocycles. The Hall–Kier alpha value is -3.61. The van der Waals surface area contributed by atoms with E-state index in [-0.39, 0.29) is 16.7 Å². The highest BCUT2D eigenvalue weighted by Gasteiger charge is 2.32. The van der Waals surface area contributed by atoms with Gasteiger partial charge in [-0.3, -0.25) is 9.59 Å². The highest BCUT2D eigenvalue weighted by molar-refractivity contribution is 6.25. The number of hydrogen-bond donors (Lipinski definition) is 2. The van der Waals surface area contributed by atoms with Gasteiger partial charge in [0.15, 0.2) is 11.5 Å². The number of fused-ring (bicyclic) bond motifs is 1. The van der Waals surface area contributed by atoms with Gasteiger partial charge in [0.2, 0.25) is 11.6 Å². The molecule has 2 N–H and O–H groups in total. The predicted molar refractivity (Wildman–Crippen MR) is 87.4 cm³/mol. The molecule has 7 nitrogen and oxygen atoms in total. The second-order valence-electron chi connectivity index (χ2n) is 5.41. The number of azo groups is 1. The summed E-state index contributed by atoms with van der Waals surface area (Å²) in [6.07, 6.45) is 0. The fraction of sp³-hybridized carbons (Fsp3) is 0.0556. The standard InChI is InChI=1S/C18H12N2O5/c1-9-8-10(6-7-11(9)18(24)25)19-20-14-15(21)12-4-2-3-5-13(12)16(22)17(14)23/h2-8,23H,1H3,(H,24,25)/b20-19+. The van der Waals surface area contributed by atoms with Crippen LogP contribution in [0.3, 0.4) is 0 Å². The third kappa shape index (κ3) is 2.83. The summed E-state index contributed by atoms with van der Waals surface area (Å²) in [6, 6.07) is 10.4. The van der Waals surface area contributed by atoms with Gasteiger partial charge < -0.3 is 10.2 Å². The lowest BCUT2D eigenvalue weighted by Gasteiger charge is -2.13. The molecule has 0 saturated carbocycles. The van der Waals surface area contributed by atoms with Crippen LogP contribution < -0.4 is 0 Å². The summed E-state index contributed by atoms with van der Waals surface area (Å²) in [5.74, 6) is -3.12. The predicted octanol–water partition coefficient (Wildman–Crippen LogP) is 3.63. The topological polar surface area (TPSA) is 116 Å². The van der Waals surface area contributed by atoms with E-state index in [1.165, 1.54) is 30.3 Å². The molecule has 0 fully saturated rings. The van der Waals surface area contributed by atoms with Crippen LogP contribution in [-0.2, 0) is 0 Å². The summed E-state index contributed by atoms with van der Waals surface area (Å²) >= 11 is 0. The van der Waals surface area contributed by atoms with Crippen LogP contribution in [0.15, 0.2) is 64.1 Å². The van der Waals surface area contributed by atoms with Gasteiger partial charge in [0, 0.05) is 11.1 Å². The van der Waals surface area contributed by atoms with Crippen molar-refractivity contribution < 1.29 is 24.6 Å². The minimum Gasteiger partial charge on any atom is -0.502 e. The molecule has 0 saturated heterocycles. The molecular formula is C18H12N2O5. The summed E-state index contributed by atoms with van der Waals surface area (Å²) in [7, 11) is 0. The number of allylic oxidation sites excluding steroid dienone is 2. The van der Waals surface area contributed by atoms with Crippen molar-refractivity contribution in [2.75, 3.05) is 0 Å². The molecule has 0 atom stereocenters. The molecule has 2 aromatic carbocycles.